The van der Waals surface area contributed by atoms with Crippen LogP contribution in [0.25, 0.3) is 0 Å². The van der Waals surface area contributed by atoms with Crippen molar-refractivity contribution < 1.29 is 9.18 Å². The molecule has 24 heavy (non-hydrogen) atoms. The summed E-state index contributed by atoms with van der Waals surface area (Å²) < 4.78 is 14.0. The molecule has 124 valence electrons. The van der Waals surface area contributed by atoms with Crippen LogP contribution >= 0.6 is 23.2 Å². The Morgan fingerprint density at radius 3 is 2.79 bits per heavy atom. The van der Waals surface area contributed by atoms with Crippen molar-refractivity contribution in [3.8, 4) is 0 Å². The maximum atomic E-state index is 14.0. The Hall–Kier alpha value is -1.92. The molecule has 0 radical (unpaired) electrons. The van der Waals surface area contributed by atoms with Crippen LogP contribution in [0.3, 0.4) is 0 Å². The normalized spacial score (nSPS) is 21.5. The summed E-state index contributed by atoms with van der Waals surface area (Å²) in [6.07, 6.45) is 5.96. The number of nitrogens with one attached hydrogen (secondary N) is 1. The molecule has 8 heteroatoms. The first-order valence-corrected chi connectivity index (χ1v) is 8.33. The molecule has 2 aromatic rings. The van der Waals surface area contributed by atoms with Gasteiger partial charge in [0.15, 0.2) is 0 Å². The van der Waals surface area contributed by atoms with Crippen LogP contribution in [0.1, 0.15) is 30.0 Å². The number of carbonyl (C=O) groups is 1. The second-order valence-corrected chi connectivity index (χ2v) is 6.82. The maximum Gasteiger partial charge on any atom is 0.322 e. The Balaban J connectivity index is 1.61. The fraction of sp³-hybridized carbons (Fsp3) is 0.312. The molecule has 4 rings (SSSR count). The zero-order valence-corrected chi connectivity index (χ0v) is 14.0. The molecule has 0 unspecified atom stereocenters. The van der Waals surface area contributed by atoms with Gasteiger partial charge in [0, 0.05) is 6.04 Å². The van der Waals surface area contributed by atoms with Gasteiger partial charge in [-0.25, -0.2) is 9.18 Å². The van der Waals surface area contributed by atoms with Gasteiger partial charge in [-0.2, -0.15) is 10.2 Å². The number of hydrogen-bond donors (Lipinski definition) is 1. The topological polar surface area (TPSA) is 58.1 Å². The van der Waals surface area contributed by atoms with Crippen LogP contribution in [0.5, 0.6) is 0 Å². The van der Waals surface area contributed by atoms with Gasteiger partial charge < -0.3 is 10.2 Å². The van der Waals surface area contributed by atoms with E-state index in [0.717, 1.165) is 36.5 Å². The number of carbonyl (C=O) groups excluding carboxylic acids is 1. The summed E-state index contributed by atoms with van der Waals surface area (Å²) in [6, 6.07) is 2.09. The van der Waals surface area contributed by atoms with Crippen molar-refractivity contribution >= 4 is 34.9 Å². The summed E-state index contributed by atoms with van der Waals surface area (Å²) in [6.45, 7) is 0. The smallest absolute Gasteiger partial charge is 0.314 e. The van der Waals surface area contributed by atoms with Gasteiger partial charge in [-0.15, -0.1) is 0 Å². The minimum Gasteiger partial charge on any atom is -0.314 e. The van der Waals surface area contributed by atoms with Gasteiger partial charge in [0.1, 0.15) is 5.82 Å². The Labute approximate surface area is 147 Å². The first-order valence-electron chi connectivity index (χ1n) is 7.58. The Kier molecular flexibility index (Phi) is 3.81. The second-order valence-electron chi connectivity index (χ2n) is 6.00. The average Bonchev–Trinajstić information content (AvgIpc) is 2.88. The molecule has 0 aliphatic carbocycles. The minimum atomic E-state index is -0.617. The van der Waals surface area contributed by atoms with Crippen LogP contribution in [0.2, 0.25) is 10.0 Å². The fourth-order valence-corrected chi connectivity index (χ4v) is 3.89. The standard InChI is InChI=1S/C16H13Cl2FN4O/c17-11-4-13(19)14(5-12(11)18)22-16(24)23-9-1-2-15(23)10-7-21-20-6-8(10)3-9/h4-7,9,15H,1-3H2,(H,22,24)/t9-,15+/m0/s1. The predicted octanol–water partition coefficient (Wildman–Crippen LogP) is 4.22. The van der Waals surface area contributed by atoms with E-state index in [-0.39, 0.29) is 33.8 Å². The van der Waals surface area contributed by atoms with Gasteiger partial charge in [0.25, 0.3) is 0 Å². The highest BCUT2D eigenvalue weighted by atomic mass is 35.5. The number of aromatic nitrogens is 2. The van der Waals surface area contributed by atoms with Crippen LogP contribution in [0.15, 0.2) is 24.5 Å². The van der Waals surface area contributed by atoms with Gasteiger partial charge in [-0.05, 0) is 42.5 Å². The minimum absolute atomic E-state index is 0.0208. The number of halogens is 3. The summed E-state index contributed by atoms with van der Waals surface area (Å²) in [4.78, 5) is 14.5. The second kappa shape index (κ2) is 5.86. The van der Waals surface area contributed by atoms with E-state index >= 15 is 0 Å². The molecular formula is C16H13Cl2FN4O. The lowest BCUT2D eigenvalue weighted by Gasteiger charge is -2.35. The third-order valence-corrected chi connectivity index (χ3v) is 5.37. The molecule has 2 atom stereocenters. The molecule has 1 fully saturated rings. The highest BCUT2D eigenvalue weighted by Gasteiger charge is 2.43. The van der Waals surface area contributed by atoms with Crippen LogP contribution < -0.4 is 5.32 Å². The number of nitrogens with zero attached hydrogens (tertiary/aromatic N) is 3. The van der Waals surface area contributed by atoms with Crippen molar-refractivity contribution in [2.75, 3.05) is 5.32 Å². The molecule has 2 aliphatic heterocycles. The molecule has 1 aromatic carbocycles. The number of fused-ring (bicyclic) bond motifs is 4. The summed E-state index contributed by atoms with van der Waals surface area (Å²) in [5, 5.41) is 10.8. The lowest BCUT2D eigenvalue weighted by molar-refractivity contribution is 0.179. The van der Waals surface area contributed by atoms with Crippen molar-refractivity contribution in [3.05, 3.63) is 51.5 Å². The molecule has 1 aromatic heterocycles. The van der Waals surface area contributed by atoms with E-state index in [2.05, 4.69) is 15.5 Å². The summed E-state index contributed by atoms with van der Waals surface area (Å²) in [7, 11) is 0. The van der Waals surface area contributed by atoms with E-state index in [9.17, 15) is 9.18 Å². The zero-order valence-electron chi connectivity index (χ0n) is 12.5. The van der Waals surface area contributed by atoms with E-state index in [1.807, 2.05) is 0 Å². The van der Waals surface area contributed by atoms with Gasteiger partial charge >= 0.3 is 6.03 Å². The largest absolute Gasteiger partial charge is 0.322 e. The molecular weight excluding hydrogens is 354 g/mol. The van der Waals surface area contributed by atoms with Crippen molar-refractivity contribution in [2.45, 2.75) is 31.3 Å². The monoisotopic (exact) mass is 366 g/mol. The molecule has 2 aliphatic rings. The third kappa shape index (κ3) is 2.50. The van der Waals surface area contributed by atoms with Crippen molar-refractivity contribution in [1.82, 2.24) is 15.1 Å². The van der Waals surface area contributed by atoms with Crippen molar-refractivity contribution in [1.29, 1.82) is 0 Å². The first-order chi connectivity index (χ1) is 11.5. The Morgan fingerprint density at radius 1 is 1.21 bits per heavy atom. The van der Waals surface area contributed by atoms with Crippen LogP contribution in [0, 0.1) is 5.82 Å². The molecule has 0 saturated carbocycles. The summed E-state index contributed by atoms with van der Waals surface area (Å²) in [5.74, 6) is -0.617. The SMILES string of the molecule is O=C(Nc1cc(Cl)c(Cl)cc1F)N1[C@H]2CC[C@@H]1c1cnncc1C2. The quantitative estimate of drug-likeness (QED) is 0.768. The molecule has 5 nitrogen and oxygen atoms in total. The van der Waals surface area contributed by atoms with Crippen molar-refractivity contribution in [3.63, 3.8) is 0 Å². The Bertz CT molecular complexity index is 832. The lowest BCUT2D eigenvalue weighted by Crippen LogP contribution is -2.44. The van der Waals surface area contributed by atoms with Gasteiger partial charge in [-0.3, -0.25) is 0 Å². The van der Waals surface area contributed by atoms with Gasteiger partial charge in [0.2, 0.25) is 0 Å². The highest BCUT2D eigenvalue weighted by Crippen LogP contribution is 2.43. The average molecular weight is 367 g/mol. The van der Waals surface area contributed by atoms with Crippen LogP contribution in [-0.2, 0) is 6.42 Å². The fourth-order valence-electron chi connectivity index (χ4n) is 3.57. The number of benzene rings is 1. The zero-order chi connectivity index (χ0) is 16.8. The number of anilines is 1. The number of hydrogen-bond acceptors (Lipinski definition) is 3. The van der Waals surface area contributed by atoms with E-state index in [0.29, 0.717) is 0 Å². The predicted molar refractivity (Wildman–Crippen MR) is 88.8 cm³/mol. The van der Waals surface area contributed by atoms with Gasteiger partial charge in [-0.1, -0.05) is 23.2 Å². The van der Waals surface area contributed by atoms with E-state index in [1.54, 1.807) is 17.3 Å². The van der Waals surface area contributed by atoms with Gasteiger partial charge in [0.05, 0.1) is 34.2 Å². The summed E-state index contributed by atoms with van der Waals surface area (Å²) in [5.41, 5.74) is 2.17. The highest BCUT2D eigenvalue weighted by molar-refractivity contribution is 6.42. The third-order valence-electron chi connectivity index (χ3n) is 4.65. The lowest BCUT2D eigenvalue weighted by atomic mass is 9.97. The molecule has 3 heterocycles. The molecule has 0 spiro atoms. The summed E-state index contributed by atoms with van der Waals surface area (Å²) >= 11 is 11.7. The van der Waals surface area contributed by atoms with E-state index in [4.69, 9.17) is 23.2 Å². The Morgan fingerprint density at radius 2 is 1.96 bits per heavy atom. The number of amides is 2. The molecule has 2 bridgehead atoms. The van der Waals surface area contributed by atoms with Crippen LogP contribution in [-0.4, -0.2) is 27.2 Å². The van der Waals surface area contributed by atoms with Crippen LogP contribution in [0.4, 0.5) is 14.9 Å². The van der Waals surface area contributed by atoms with E-state index < -0.39 is 5.82 Å². The molecule has 1 saturated heterocycles. The molecule has 2 amide bonds. The maximum absolute atomic E-state index is 14.0. The van der Waals surface area contributed by atoms with Crippen molar-refractivity contribution in [2.24, 2.45) is 0 Å². The number of rotatable bonds is 1. The van der Waals surface area contributed by atoms with E-state index in [1.165, 1.54) is 6.07 Å². The number of urea groups is 1. The first kappa shape index (κ1) is 15.6. The molecule has 1 N–H and O–H groups in total.